The van der Waals surface area contributed by atoms with Gasteiger partial charge >= 0.3 is 5.91 Å². The Morgan fingerprint density at radius 1 is 0.892 bits per heavy atom. The van der Waals surface area contributed by atoms with Crippen molar-refractivity contribution in [3.63, 3.8) is 0 Å². The molecule has 0 spiro atoms. The summed E-state index contributed by atoms with van der Waals surface area (Å²) >= 11 is 0. The first-order valence-electron chi connectivity index (χ1n) is 12.3. The van der Waals surface area contributed by atoms with Crippen molar-refractivity contribution >= 4 is 28.8 Å². The topological polar surface area (TPSA) is 82.1 Å². The number of rotatable bonds is 5. The molecule has 2 aromatic heterocycles. The van der Waals surface area contributed by atoms with Crippen molar-refractivity contribution in [1.82, 2.24) is 9.78 Å². The molecule has 0 unspecified atom stereocenters. The van der Waals surface area contributed by atoms with Gasteiger partial charge in [-0.2, -0.15) is 9.67 Å². The molecule has 5 rings (SSSR count). The quantitative estimate of drug-likeness (QED) is 0.312. The number of aryl methyl sites for hydroxylation is 5. The second-order valence-electron chi connectivity index (χ2n) is 9.48. The van der Waals surface area contributed by atoms with E-state index in [1.807, 2.05) is 77.1 Å². The van der Waals surface area contributed by atoms with Gasteiger partial charge in [-0.15, -0.1) is 0 Å². The lowest BCUT2D eigenvalue weighted by molar-refractivity contribution is -0.577. The van der Waals surface area contributed by atoms with Crippen LogP contribution in [0.2, 0.25) is 0 Å². The highest BCUT2D eigenvalue weighted by molar-refractivity contribution is 6.53. The fourth-order valence-corrected chi connectivity index (χ4v) is 4.79. The average molecular weight is 493 g/mol. The van der Waals surface area contributed by atoms with Gasteiger partial charge in [0.15, 0.2) is 12.4 Å². The molecule has 1 aliphatic rings. The van der Waals surface area contributed by atoms with E-state index in [2.05, 4.69) is 5.10 Å². The van der Waals surface area contributed by atoms with Crippen molar-refractivity contribution in [2.75, 3.05) is 4.90 Å². The molecule has 0 saturated carbocycles. The number of hydrogen-bond donors (Lipinski definition) is 0. The van der Waals surface area contributed by atoms with E-state index in [0.29, 0.717) is 23.5 Å². The monoisotopic (exact) mass is 492 g/mol. The Labute approximate surface area is 215 Å². The van der Waals surface area contributed by atoms with Gasteiger partial charge in [-0.25, -0.2) is 9.58 Å². The number of carbonyl (C=O) groups excluding carboxylic acids is 2. The van der Waals surface area contributed by atoms with Crippen LogP contribution in [0.1, 0.15) is 40.4 Å². The zero-order chi connectivity index (χ0) is 26.4. The molecule has 2 aromatic carbocycles. The standard InChI is InChI=1S/C30H28N4O3/c1-6-23-25(29(36)34(31-23)24-14-11-19(3)16-21(24)5)26-27(32-15-7-8-20(4)17-32)30(37)33(28(26)35)22-12-9-18(2)10-13-22/h7-17H,6H2,1-5H3. The summed E-state index contributed by atoms with van der Waals surface area (Å²) in [5.74, 6) is -1.44. The van der Waals surface area contributed by atoms with Crippen molar-refractivity contribution in [2.45, 2.75) is 41.0 Å². The summed E-state index contributed by atoms with van der Waals surface area (Å²) in [5, 5.41) is 18.6. The van der Waals surface area contributed by atoms with Crippen LogP contribution in [0.3, 0.4) is 0 Å². The maximum absolute atomic E-state index is 14.0. The summed E-state index contributed by atoms with van der Waals surface area (Å²) in [6.07, 6.45) is 3.92. The van der Waals surface area contributed by atoms with Crippen LogP contribution in [-0.2, 0) is 16.0 Å². The molecule has 7 nitrogen and oxygen atoms in total. The van der Waals surface area contributed by atoms with Gasteiger partial charge in [-0.3, -0.25) is 9.59 Å². The third-order valence-corrected chi connectivity index (χ3v) is 6.64. The number of imide groups is 1. The first kappa shape index (κ1) is 24.2. The molecule has 1 aliphatic heterocycles. The second kappa shape index (κ2) is 9.17. The molecule has 37 heavy (non-hydrogen) atoms. The number of amides is 2. The maximum atomic E-state index is 14.0. The molecule has 0 saturated heterocycles. The Balaban J connectivity index is 1.78. The smallest absolute Gasteiger partial charge is 0.331 e. The van der Waals surface area contributed by atoms with Gasteiger partial charge in [0.2, 0.25) is 0 Å². The van der Waals surface area contributed by atoms with Crippen molar-refractivity contribution in [2.24, 2.45) is 0 Å². The fraction of sp³-hybridized carbons (Fsp3) is 0.200. The summed E-state index contributed by atoms with van der Waals surface area (Å²) < 4.78 is 2.98. The molecule has 3 heterocycles. The molecule has 0 bridgehead atoms. The molecule has 4 aromatic rings. The number of aromatic nitrogens is 3. The summed E-state index contributed by atoms with van der Waals surface area (Å²) in [6.45, 7) is 9.64. The minimum atomic E-state index is -0.537. The molecular weight excluding hydrogens is 464 g/mol. The van der Waals surface area contributed by atoms with Gasteiger partial charge in [0.05, 0.1) is 17.1 Å². The van der Waals surface area contributed by atoms with Crippen LogP contribution in [0.15, 0.2) is 67.0 Å². The highest BCUT2D eigenvalue weighted by Gasteiger charge is 2.47. The number of benzene rings is 2. The maximum Gasteiger partial charge on any atom is 0.331 e. The molecule has 0 atom stereocenters. The molecular formula is C30H28N4O3. The lowest BCUT2D eigenvalue weighted by Crippen LogP contribution is -2.39. The van der Waals surface area contributed by atoms with Crippen LogP contribution in [0, 0.1) is 27.7 Å². The van der Waals surface area contributed by atoms with E-state index < -0.39 is 17.7 Å². The molecule has 2 amide bonds. The van der Waals surface area contributed by atoms with Crippen LogP contribution < -0.4 is 14.6 Å². The van der Waals surface area contributed by atoms with Crippen molar-refractivity contribution in [3.05, 3.63) is 101 Å². The van der Waals surface area contributed by atoms with Crippen LogP contribution in [0.25, 0.3) is 17.0 Å². The molecule has 0 radical (unpaired) electrons. The number of pyridine rings is 1. The molecule has 7 heteroatoms. The van der Waals surface area contributed by atoms with Gasteiger partial charge in [-0.05, 0) is 69.8 Å². The zero-order valence-corrected chi connectivity index (χ0v) is 21.6. The Morgan fingerprint density at radius 3 is 2.24 bits per heavy atom. The summed E-state index contributed by atoms with van der Waals surface area (Å²) in [7, 11) is 0. The van der Waals surface area contributed by atoms with E-state index in [0.717, 1.165) is 27.2 Å². The van der Waals surface area contributed by atoms with Gasteiger partial charge in [-0.1, -0.05) is 42.3 Å². The average Bonchev–Trinajstić information content (AvgIpc) is 3.31. The van der Waals surface area contributed by atoms with E-state index in [1.165, 1.54) is 4.68 Å². The van der Waals surface area contributed by atoms with E-state index >= 15 is 0 Å². The van der Waals surface area contributed by atoms with Gasteiger partial charge in [0, 0.05) is 17.2 Å². The molecule has 0 fully saturated rings. The Morgan fingerprint density at radius 2 is 1.59 bits per heavy atom. The third kappa shape index (κ3) is 4.02. The van der Waals surface area contributed by atoms with Crippen molar-refractivity contribution in [3.8, 4) is 11.6 Å². The SMILES string of the molecule is CCc1nn(-c2ccc(C)cc2C)c([O-])c1C1=C([n+]2cccc(C)c2)C(=O)N(c2ccc(C)cc2)C1=O. The van der Waals surface area contributed by atoms with Crippen LogP contribution in [0.5, 0.6) is 5.88 Å². The Hall–Kier alpha value is -4.52. The van der Waals surface area contributed by atoms with Crippen LogP contribution in [-0.4, -0.2) is 21.6 Å². The first-order chi connectivity index (χ1) is 17.7. The summed E-state index contributed by atoms with van der Waals surface area (Å²) in [6, 6.07) is 16.7. The number of nitrogens with zero attached hydrogens (tertiary/aromatic N) is 4. The normalized spacial score (nSPS) is 13.7. The summed E-state index contributed by atoms with van der Waals surface area (Å²) in [5.41, 5.74) is 5.83. The van der Waals surface area contributed by atoms with Crippen molar-refractivity contribution < 1.29 is 19.3 Å². The second-order valence-corrected chi connectivity index (χ2v) is 9.48. The van der Waals surface area contributed by atoms with Gasteiger partial charge in [0.25, 0.3) is 11.6 Å². The lowest BCUT2D eigenvalue weighted by atomic mass is 10.0. The zero-order valence-electron chi connectivity index (χ0n) is 21.6. The van der Waals surface area contributed by atoms with Crippen LogP contribution >= 0.6 is 0 Å². The van der Waals surface area contributed by atoms with E-state index in [1.54, 1.807) is 29.1 Å². The Kier molecular flexibility index (Phi) is 5.99. The first-order valence-corrected chi connectivity index (χ1v) is 12.3. The minimum absolute atomic E-state index is 0.0686. The summed E-state index contributed by atoms with van der Waals surface area (Å²) in [4.78, 5) is 29.0. The Bertz CT molecular complexity index is 1600. The highest BCUT2D eigenvalue weighted by Crippen LogP contribution is 2.39. The predicted molar refractivity (Wildman–Crippen MR) is 140 cm³/mol. The largest absolute Gasteiger partial charge is 0.858 e. The van der Waals surface area contributed by atoms with Crippen molar-refractivity contribution in [1.29, 1.82) is 0 Å². The number of hydrogen-bond acceptors (Lipinski definition) is 4. The van der Waals surface area contributed by atoms with E-state index in [-0.39, 0.29) is 16.8 Å². The van der Waals surface area contributed by atoms with E-state index in [9.17, 15) is 14.7 Å². The highest BCUT2D eigenvalue weighted by atomic mass is 16.3. The molecule has 186 valence electrons. The van der Waals surface area contributed by atoms with Gasteiger partial charge in [0.1, 0.15) is 5.57 Å². The minimum Gasteiger partial charge on any atom is -0.858 e. The predicted octanol–water partition coefficient (Wildman–Crippen LogP) is 3.97. The van der Waals surface area contributed by atoms with E-state index in [4.69, 9.17) is 0 Å². The number of carbonyl (C=O) groups is 2. The third-order valence-electron chi connectivity index (χ3n) is 6.64. The lowest BCUT2D eigenvalue weighted by Gasteiger charge is -2.16. The molecule has 0 aliphatic carbocycles. The number of anilines is 1. The van der Waals surface area contributed by atoms with Crippen LogP contribution in [0.4, 0.5) is 5.69 Å². The molecule has 0 N–H and O–H groups in total. The fourth-order valence-electron chi connectivity index (χ4n) is 4.79. The van der Waals surface area contributed by atoms with Gasteiger partial charge < -0.3 is 5.11 Å².